The lowest BCUT2D eigenvalue weighted by Gasteiger charge is -2.07. The second-order valence-corrected chi connectivity index (χ2v) is 2.29. The molecule has 1 N–H and O–H groups in total. The number of hydrogen-bond donors (Lipinski definition) is 1. The van der Waals surface area contributed by atoms with E-state index in [0.29, 0.717) is 13.0 Å². The number of carbonyl (C=O) groups excluding carboxylic acids is 1. The van der Waals surface area contributed by atoms with E-state index in [1.165, 1.54) is 0 Å². The molecule has 4 heteroatoms. The fourth-order valence-corrected chi connectivity index (χ4v) is 0.476. The molecule has 0 saturated heterocycles. The first-order valence-corrected chi connectivity index (χ1v) is 3.48. The molecule has 0 aromatic heterocycles. The van der Waals surface area contributed by atoms with Gasteiger partial charge in [0.05, 0.1) is 18.6 Å². The van der Waals surface area contributed by atoms with Gasteiger partial charge in [0.15, 0.2) is 0 Å². The van der Waals surface area contributed by atoms with Crippen LogP contribution in [0.2, 0.25) is 0 Å². The summed E-state index contributed by atoms with van der Waals surface area (Å²) in [7, 11) is 0. The fraction of sp³-hybridized carbons (Fsp3) is 0.714. The Kier molecular flexibility index (Phi) is 4.91. The molecule has 11 heavy (non-hydrogen) atoms. The van der Waals surface area contributed by atoms with Crippen molar-refractivity contribution in [2.24, 2.45) is 0 Å². The van der Waals surface area contributed by atoms with Gasteiger partial charge in [-0.25, -0.2) is 4.79 Å². The summed E-state index contributed by atoms with van der Waals surface area (Å²) in [5.41, 5.74) is 0. The predicted octanol–water partition coefficient (Wildman–Crippen LogP) is 1.03. The minimum absolute atomic E-state index is 0.114. The van der Waals surface area contributed by atoms with Crippen molar-refractivity contribution in [2.45, 2.75) is 26.4 Å². The normalized spacial score (nSPS) is 8.91. The number of nitrogens with zero attached hydrogens (tertiary/aromatic N) is 1. The van der Waals surface area contributed by atoms with Gasteiger partial charge in [-0.1, -0.05) is 0 Å². The Hall–Kier alpha value is -1.24. The molecular formula is C7H12N2O2. The van der Waals surface area contributed by atoms with Crippen LogP contribution in [-0.4, -0.2) is 18.7 Å². The van der Waals surface area contributed by atoms with Crippen molar-refractivity contribution in [2.75, 3.05) is 6.54 Å². The molecule has 0 bridgehead atoms. The van der Waals surface area contributed by atoms with E-state index in [1.807, 2.05) is 6.07 Å². The summed E-state index contributed by atoms with van der Waals surface area (Å²) in [6, 6.07) is 1.91. The average molecular weight is 156 g/mol. The summed E-state index contributed by atoms with van der Waals surface area (Å²) < 4.78 is 4.74. The lowest BCUT2D eigenvalue weighted by molar-refractivity contribution is 0.116. The minimum Gasteiger partial charge on any atom is -0.447 e. The number of alkyl carbamates (subject to hydrolysis) is 1. The SMILES string of the molecule is CC(C)OC(=O)NCCC#N. The van der Waals surface area contributed by atoms with Gasteiger partial charge in [0.1, 0.15) is 0 Å². The van der Waals surface area contributed by atoms with Gasteiger partial charge >= 0.3 is 6.09 Å². The Morgan fingerprint density at radius 2 is 2.36 bits per heavy atom. The Balaban J connectivity index is 3.32. The van der Waals surface area contributed by atoms with E-state index in [9.17, 15) is 4.79 Å². The summed E-state index contributed by atoms with van der Waals surface area (Å²) in [6.45, 7) is 3.88. The summed E-state index contributed by atoms with van der Waals surface area (Å²) in [5.74, 6) is 0. The first-order valence-electron chi connectivity index (χ1n) is 3.48. The van der Waals surface area contributed by atoms with E-state index >= 15 is 0 Å². The van der Waals surface area contributed by atoms with Crippen molar-refractivity contribution in [3.05, 3.63) is 0 Å². The minimum atomic E-state index is -0.463. The molecule has 0 fully saturated rings. The Morgan fingerprint density at radius 3 is 2.82 bits per heavy atom. The first-order chi connectivity index (χ1) is 5.16. The molecule has 0 rings (SSSR count). The maximum absolute atomic E-state index is 10.7. The molecule has 0 aliphatic carbocycles. The highest BCUT2D eigenvalue weighted by molar-refractivity contribution is 5.67. The van der Waals surface area contributed by atoms with Crippen molar-refractivity contribution in [3.63, 3.8) is 0 Å². The van der Waals surface area contributed by atoms with Crippen molar-refractivity contribution in [1.82, 2.24) is 5.32 Å². The zero-order chi connectivity index (χ0) is 8.69. The average Bonchev–Trinajstić information content (AvgIpc) is 1.86. The van der Waals surface area contributed by atoms with Crippen LogP contribution < -0.4 is 5.32 Å². The molecule has 0 aromatic rings. The quantitative estimate of drug-likeness (QED) is 0.621. The number of nitrogens with one attached hydrogen (secondary N) is 1. The Morgan fingerprint density at radius 1 is 1.73 bits per heavy atom. The number of carbonyl (C=O) groups is 1. The molecule has 62 valence electrons. The highest BCUT2D eigenvalue weighted by Crippen LogP contribution is 1.87. The van der Waals surface area contributed by atoms with Crippen molar-refractivity contribution < 1.29 is 9.53 Å². The lowest BCUT2D eigenvalue weighted by atomic mass is 10.5. The van der Waals surface area contributed by atoms with Crippen LogP contribution in [0.4, 0.5) is 4.79 Å². The van der Waals surface area contributed by atoms with Gasteiger partial charge < -0.3 is 10.1 Å². The molecule has 0 spiro atoms. The van der Waals surface area contributed by atoms with E-state index in [4.69, 9.17) is 10.00 Å². The molecule has 0 radical (unpaired) electrons. The number of amides is 1. The molecule has 0 aliphatic rings. The first kappa shape index (κ1) is 9.76. The third-order valence-corrected chi connectivity index (χ3v) is 0.849. The monoisotopic (exact) mass is 156 g/mol. The maximum Gasteiger partial charge on any atom is 0.407 e. The van der Waals surface area contributed by atoms with Crippen LogP contribution in [0.3, 0.4) is 0 Å². The van der Waals surface area contributed by atoms with Crippen LogP contribution in [0.5, 0.6) is 0 Å². The van der Waals surface area contributed by atoms with Crippen LogP contribution in [0, 0.1) is 11.3 Å². The second kappa shape index (κ2) is 5.54. The highest BCUT2D eigenvalue weighted by atomic mass is 16.6. The smallest absolute Gasteiger partial charge is 0.407 e. The standard InChI is InChI=1S/C7H12N2O2/c1-6(2)11-7(10)9-5-3-4-8/h6H,3,5H2,1-2H3,(H,9,10). The number of ether oxygens (including phenoxy) is 1. The van der Waals surface area contributed by atoms with Crippen molar-refractivity contribution in [1.29, 1.82) is 5.26 Å². The second-order valence-electron chi connectivity index (χ2n) is 2.29. The fourth-order valence-electron chi connectivity index (χ4n) is 0.476. The largest absolute Gasteiger partial charge is 0.447 e. The molecule has 0 aliphatic heterocycles. The Labute approximate surface area is 66.1 Å². The van der Waals surface area contributed by atoms with Crippen LogP contribution in [0.1, 0.15) is 20.3 Å². The van der Waals surface area contributed by atoms with Crippen molar-refractivity contribution >= 4 is 6.09 Å². The van der Waals surface area contributed by atoms with Gasteiger partial charge in [0, 0.05) is 6.54 Å². The number of rotatable bonds is 3. The van der Waals surface area contributed by atoms with Gasteiger partial charge in [-0.2, -0.15) is 5.26 Å². The molecule has 1 amide bonds. The lowest BCUT2D eigenvalue weighted by Crippen LogP contribution is -2.27. The van der Waals surface area contributed by atoms with Gasteiger partial charge in [-0.3, -0.25) is 0 Å². The molecule has 0 unspecified atom stereocenters. The van der Waals surface area contributed by atoms with Gasteiger partial charge in [0.25, 0.3) is 0 Å². The van der Waals surface area contributed by atoms with Crippen LogP contribution in [0.25, 0.3) is 0 Å². The predicted molar refractivity (Wildman–Crippen MR) is 39.8 cm³/mol. The summed E-state index contributed by atoms with van der Waals surface area (Å²) in [4.78, 5) is 10.7. The highest BCUT2D eigenvalue weighted by Gasteiger charge is 2.01. The number of nitriles is 1. The van der Waals surface area contributed by atoms with Gasteiger partial charge in [-0.05, 0) is 13.8 Å². The topological polar surface area (TPSA) is 62.1 Å². The zero-order valence-corrected chi connectivity index (χ0v) is 6.76. The molecule has 0 aromatic carbocycles. The van der Waals surface area contributed by atoms with Crippen LogP contribution in [0.15, 0.2) is 0 Å². The molecule has 0 atom stereocenters. The van der Waals surface area contributed by atoms with Crippen molar-refractivity contribution in [3.8, 4) is 6.07 Å². The van der Waals surface area contributed by atoms with E-state index in [0.717, 1.165) is 0 Å². The molecule has 4 nitrogen and oxygen atoms in total. The molecular weight excluding hydrogens is 144 g/mol. The maximum atomic E-state index is 10.7. The van der Waals surface area contributed by atoms with E-state index in [-0.39, 0.29) is 6.10 Å². The van der Waals surface area contributed by atoms with E-state index in [1.54, 1.807) is 13.8 Å². The third-order valence-electron chi connectivity index (χ3n) is 0.849. The van der Waals surface area contributed by atoms with E-state index < -0.39 is 6.09 Å². The number of hydrogen-bond acceptors (Lipinski definition) is 3. The van der Waals surface area contributed by atoms with Crippen LogP contribution >= 0.6 is 0 Å². The van der Waals surface area contributed by atoms with Crippen LogP contribution in [-0.2, 0) is 4.74 Å². The van der Waals surface area contributed by atoms with Gasteiger partial charge in [-0.15, -0.1) is 0 Å². The summed E-state index contributed by atoms with van der Waals surface area (Å²) >= 11 is 0. The summed E-state index contributed by atoms with van der Waals surface area (Å²) in [5, 5.41) is 10.6. The molecule has 0 heterocycles. The molecule has 0 saturated carbocycles. The zero-order valence-electron chi connectivity index (χ0n) is 6.76. The third kappa shape index (κ3) is 6.65. The Bertz CT molecular complexity index is 160. The van der Waals surface area contributed by atoms with E-state index in [2.05, 4.69) is 5.32 Å². The van der Waals surface area contributed by atoms with Gasteiger partial charge in [0.2, 0.25) is 0 Å². The summed E-state index contributed by atoms with van der Waals surface area (Å²) in [6.07, 6.45) is -0.264.